The van der Waals surface area contributed by atoms with Crippen LogP contribution in [0.5, 0.6) is 11.5 Å². The summed E-state index contributed by atoms with van der Waals surface area (Å²) in [6.07, 6.45) is 0.471. The quantitative estimate of drug-likeness (QED) is 0.833. The molecule has 5 nitrogen and oxygen atoms in total. The lowest BCUT2D eigenvalue weighted by atomic mass is 9.82. The number of primary amides is 1. The van der Waals surface area contributed by atoms with Gasteiger partial charge in [0.25, 0.3) is 0 Å². The van der Waals surface area contributed by atoms with Gasteiger partial charge in [0.15, 0.2) is 11.5 Å². The lowest BCUT2D eigenvalue weighted by Gasteiger charge is -2.26. The number of carbonyl (C=O) groups excluding carboxylic acids is 1. The Morgan fingerprint density at radius 3 is 2.20 bits per heavy atom. The van der Waals surface area contributed by atoms with E-state index in [9.17, 15) is 4.79 Å². The van der Waals surface area contributed by atoms with Gasteiger partial charge in [0.2, 0.25) is 5.91 Å². The van der Waals surface area contributed by atoms with Gasteiger partial charge in [0.1, 0.15) is 0 Å². The molecule has 0 aliphatic heterocycles. The van der Waals surface area contributed by atoms with E-state index in [1.54, 1.807) is 28.1 Å². The van der Waals surface area contributed by atoms with Crippen molar-refractivity contribution in [3.8, 4) is 11.5 Å². The van der Waals surface area contributed by atoms with Crippen molar-refractivity contribution >= 4 is 5.91 Å². The number of aryl methyl sites for hydroxylation is 1. The molecule has 0 radical (unpaired) electrons. The van der Waals surface area contributed by atoms with Gasteiger partial charge in [-0.15, -0.1) is 0 Å². The summed E-state index contributed by atoms with van der Waals surface area (Å²) in [5.41, 5.74) is 12.9. The van der Waals surface area contributed by atoms with Crippen LogP contribution in [0.15, 0.2) is 12.1 Å². The first kappa shape index (κ1) is 16.3. The highest BCUT2D eigenvalue weighted by molar-refractivity contribution is 5.80. The van der Waals surface area contributed by atoms with E-state index < -0.39 is 5.41 Å². The number of methoxy groups -OCH3 is 2. The van der Waals surface area contributed by atoms with Gasteiger partial charge < -0.3 is 20.9 Å². The SMILES string of the molecule is COc1cc(C)c(C(N)CC(C)(C)C(N)=O)cc1OC. The maximum Gasteiger partial charge on any atom is 0.223 e. The smallest absolute Gasteiger partial charge is 0.223 e. The first-order valence-corrected chi connectivity index (χ1v) is 6.51. The second-order valence-electron chi connectivity index (χ2n) is 5.62. The molecule has 0 aromatic heterocycles. The van der Waals surface area contributed by atoms with Crippen LogP contribution in [0.2, 0.25) is 0 Å². The molecule has 1 amide bonds. The third kappa shape index (κ3) is 3.42. The van der Waals surface area contributed by atoms with Crippen molar-refractivity contribution in [2.24, 2.45) is 16.9 Å². The molecule has 0 spiro atoms. The Balaban J connectivity index is 3.10. The van der Waals surface area contributed by atoms with Crippen molar-refractivity contribution in [3.63, 3.8) is 0 Å². The molecular weight excluding hydrogens is 256 g/mol. The van der Waals surface area contributed by atoms with Crippen molar-refractivity contribution in [1.29, 1.82) is 0 Å². The first-order chi connectivity index (χ1) is 9.22. The maximum atomic E-state index is 11.4. The molecule has 112 valence electrons. The van der Waals surface area contributed by atoms with E-state index in [-0.39, 0.29) is 11.9 Å². The number of benzene rings is 1. The fraction of sp³-hybridized carbons (Fsp3) is 0.533. The van der Waals surface area contributed by atoms with Gasteiger partial charge in [0.05, 0.1) is 14.2 Å². The fourth-order valence-electron chi connectivity index (χ4n) is 2.16. The zero-order chi connectivity index (χ0) is 15.5. The average Bonchev–Trinajstić information content (AvgIpc) is 2.37. The second kappa shape index (κ2) is 6.13. The minimum absolute atomic E-state index is 0.294. The predicted molar refractivity (Wildman–Crippen MR) is 78.8 cm³/mol. The number of carbonyl (C=O) groups is 1. The number of amides is 1. The third-order valence-electron chi connectivity index (χ3n) is 3.57. The van der Waals surface area contributed by atoms with Crippen LogP contribution in [-0.2, 0) is 4.79 Å². The minimum Gasteiger partial charge on any atom is -0.493 e. The first-order valence-electron chi connectivity index (χ1n) is 6.51. The topological polar surface area (TPSA) is 87.6 Å². The van der Waals surface area contributed by atoms with Crippen molar-refractivity contribution in [1.82, 2.24) is 0 Å². The summed E-state index contributed by atoms with van der Waals surface area (Å²) in [6, 6.07) is 3.44. The van der Waals surface area contributed by atoms with Gasteiger partial charge in [-0.3, -0.25) is 4.79 Å². The molecule has 0 aliphatic rings. The summed E-state index contributed by atoms with van der Waals surface area (Å²) in [7, 11) is 3.17. The Morgan fingerprint density at radius 1 is 1.25 bits per heavy atom. The Bertz CT molecular complexity index is 498. The largest absolute Gasteiger partial charge is 0.493 e. The maximum absolute atomic E-state index is 11.4. The van der Waals surface area contributed by atoms with E-state index in [0.717, 1.165) is 11.1 Å². The van der Waals surface area contributed by atoms with E-state index in [1.165, 1.54) is 0 Å². The van der Waals surface area contributed by atoms with Crippen LogP contribution in [0.1, 0.15) is 37.4 Å². The predicted octanol–water partition coefficient (Wildman–Crippen LogP) is 1.91. The normalized spacial score (nSPS) is 12.9. The molecule has 0 heterocycles. The standard InChI is InChI=1S/C15H24N2O3/c1-9-6-12(19-4)13(20-5)7-10(9)11(16)8-15(2,3)14(17)18/h6-7,11H,8,16H2,1-5H3,(H2,17,18). The van der Waals surface area contributed by atoms with E-state index >= 15 is 0 Å². The molecule has 0 bridgehead atoms. The second-order valence-corrected chi connectivity index (χ2v) is 5.62. The van der Waals surface area contributed by atoms with Crippen molar-refractivity contribution < 1.29 is 14.3 Å². The lowest BCUT2D eigenvalue weighted by molar-refractivity contribution is -0.126. The molecular formula is C15H24N2O3. The zero-order valence-corrected chi connectivity index (χ0v) is 12.8. The van der Waals surface area contributed by atoms with Crippen LogP contribution in [0.4, 0.5) is 0 Å². The van der Waals surface area contributed by atoms with Crippen LogP contribution in [0.3, 0.4) is 0 Å². The third-order valence-corrected chi connectivity index (χ3v) is 3.57. The molecule has 20 heavy (non-hydrogen) atoms. The van der Waals surface area contributed by atoms with Gasteiger partial charge in [0, 0.05) is 11.5 Å². The van der Waals surface area contributed by atoms with Gasteiger partial charge in [-0.2, -0.15) is 0 Å². The average molecular weight is 280 g/mol. The molecule has 5 heteroatoms. The molecule has 1 atom stereocenters. The Hall–Kier alpha value is -1.75. The highest BCUT2D eigenvalue weighted by atomic mass is 16.5. The monoisotopic (exact) mass is 280 g/mol. The number of hydrogen-bond donors (Lipinski definition) is 2. The Labute approximate surface area is 120 Å². The lowest BCUT2D eigenvalue weighted by Crippen LogP contribution is -2.34. The van der Waals surface area contributed by atoms with E-state index in [1.807, 2.05) is 19.1 Å². The summed E-state index contributed by atoms with van der Waals surface area (Å²) in [5.74, 6) is 0.932. The van der Waals surface area contributed by atoms with E-state index in [4.69, 9.17) is 20.9 Å². The molecule has 1 aromatic carbocycles. The van der Waals surface area contributed by atoms with Crippen LogP contribution in [0, 0.1) is 12.3 Å². The molecule has 0 saturated carbocycles. The van der Waals surface area contributed by atoms with Crippen LogP contribution in [-0.4, -0.2) is 20.1 Å². The van der Waals surface area contributed by atoms with Gasteiger partial charge in [-0.05, 0) is 36.6 Å². The van der Waals surface area contributed by atoms with Crippen LogP contribution in [0.25, 0.3) is 0 Å². The van der Waals surface area contributed by atoms with Gasteiger partial charge >= 0.3 is 0 Å². The Kier molecular flexibility index (Phi) is 5.00. The summed E-state index contributed by atoms with van der Waals surface area (Å²) in [4.78, 5) is 11.4. The van der Waals surface area contributed by atoms with Crippen LogP contribution >= 0.6 is 0 Å². The molecule has 1 unspecified atom stereocenters. The van der Waals surface area contributed by atoms with Crippen molar-refractivity contribution in [3.05, 3.63) is 23.3 Å². The molecule has 0 fully saturated rings. The highest BCUT2D eigenvalue weighted by Crippen LogP contribution is 2.36. The fourth-order valence-corrected chi connectivity index (χ4v) is 2.16. The molecule has 4 N–H and O–H groups in total. The molecule has 0 saturated heterocycles. The van der Waals surface area contributed by atoms with Gasteiger partial charge in [-0.25, -0.2) is 0 Å². The summed E-state index contributed by atoms with van der Waals surface area (Å²) < 4.78 is 10.5. The summed E-state index contributed by atoms with van der Waals surface area (Å²) >= 11 is 0. The number of rotatable bonds is 6. The van der Waals surface area contributed by atoms with Crippen LogP contribution < -0.4 is 20.9 Å². The van der Waals surface area contributed by atoms with E-state index in [2.05, 4.69) is 0 Å². The minimum atomic E-state index is -0.654. The summed E-state index contributed by atoms with van der Waals surface area (Å²) in [5, 5.41) is 0. The van der Waals surface area contributed by atoms with Crippen molar-refractivity contribution in [2.75, 3.05) is 14.2 Å². The summed E-state index contributed by atoms with van der Waals surface area (Å²) in [6.45, 7) is 5.55. The van der Waals surface area contributed by atoms with E-state index in [0.29, 0.717) is 17.9 Å². The highest BCUT2D eigenvalue weighted by Gasteiger charge is 2.29. The molecule has 1 aromatic rings. The number of hydrogen-bond acceptors (Lipinski definition) is 4. The van der Waals surface area contributed by atoms with Gasteiger partial charge in [-0.1, -0.05) is 13.8 Å². The zero-order valence-electron chi connectivity index (χ0n) is 12.8. The molecule has 0 aliphatic carbocycles. The number of nitrogens with two attached hydrogens (primary N) is 2. The molecule has 1 rings (SSSR count). The Morgan fingerprint density at radius 2 is 1.75 bits per heavy atom. The van der Waals surface area contributed by atoms with Crippen molar-refractivity contribution in [2.45, 2.75) is 33.2 Å². The number of ether oxygens (including phenoxy) is 2.